The summed E-state index contributed by atoms with van der Waals surface area (Å²) in [5, 5.41) is 22.8. The Balaban J connectivity index is 1.68. The first-order valence-electron chi connectivity index (χ1n) is 14.8. The molecule has 0 aromatic heterocycles. The van der Waals surface area contributed by atoms with Crippen LogP contribution in [0.5, 0.6) is 5.75 Å². The van der Waals surface area contributed by atoms with Crippen molar-refractivity contribution in [1.82, 2.24) is 14.7 Å². The highest BCUT2D eigenvalue weighted by Crippen LogP contribution is 2.53. The average molecular weight is 623 g/mol. The molecule has 0 bridgehead atoms. The van der Waals surface area contributed by atoms with E-state index >= 15 is 13.2 Å². The second kappa shape index (κ2) is 11.0. The number of halogens is 3. The molecule has 7 atom stereocenters. The van der Waals surface area contributed by atoms with Crippen molar-refractivity contribution in [2.24, 2.45) is 29.4 Å². The summed E-state index contributed by atoms with van der Waals surface area (Å²) in [6.07, 6.45) is -5.72. The standard InChI is InChI=1S/C30H37F3N4O7/c1-5-36-7-8-37(6-2)17(12-36)14-11-18(38)20-15(22(14)30(31,32)33)9-13-10-16-23(35(3)4)25(40)21(28(34)43)27(42)29(16,44)26(41)19(13)24(20)39/h11,13,16-17,19,21,23,38,44H,5-10,12H2,1-4H3,(H2,34,43). The Morgan fingerprint density at radius 3 is 2.32 bits per heavy atom. The van der Waals surface area contributed by atoms with Gasteiger partial charge >= 0.3 is 6.18 Å². The van der Waals surface area contributed by atoms with Crippen molar-refractivity contribution >= 4 is 29.0 Å². The van der Waals surface area contributed by atoms with Crippen molar-refractivity contribution in [2.45, 2.75) is 50.6 Å². The topological polar surface area (TPSA) is 162 Å². The number of phenolic OH excluding ortho intramolecular Hbond substituents is 1. The first-order valence-corrected chi connectivity index (χ1v) is 14.8. The zero-order valence-electron chi connectivity index (χ0n) is 25.0. The van der Waals surface area contributed by atoms with E-state index in [1.807, 2.05) is 23.6 Å². The van der Waals surface area contributed by atoms with Gasteiger partial charge in [0.05, 0.1) is 23.1 Å². The lowest BCUT2D eigenvalue weighted by atomic mass is 9.52. The van der Waals surface area contributed by atoms with Gasteiger partial charge in [-0.15, -0.1) is 0 Å². The molecule has 44 heavy (non-hydrogen) atoms. The molecule has 4 aliphatic rings. The lowest BCUT2D eigenvalue weighted by Gasteiger charge is -2.52. The van der Waals surface area contributed by atoms with E-state index in [9.17, 15) is 34.2 Å². The van der Waals surface area contributed by atoms with Gasteiger partial charge in [-0.2, -0.15) is 13.2 Å². The van der Waals surface area contributed by atoms with Crippen LogP contribution < -0.4 is 5.73 Å². The van der Waals surface area contributed by atoms with Crippen molar-refractivity contribution in [1.29, 1.82) is 0 Å². The number of rotatable bonds is 5. The molecule has 0 radical (unpaired) electrons. The van der Waals surface area contributed by atoms with E-state index in [-0.39, 0.29) is 18.5 Å². The van der Waals surface area contributed by atoms with E-state index in [2.05, 4.69) is 0 Å². The molecule has 14 heteroatoms. The lowest BCUT2D eigenvalue weighted by molar-refractivity contribution is -0.181. The molecule has 7 unspecified atom stereocenters. The third-order valence-corrected chi connectivity index (χ3v) is 10.2. The van der Waals surface area contributed by atoms with Crippen molar-refractivity contribution in [3.63, 3.8) is 0 Å². The molecule has 1 aromatic carbocycles. The number of ketones is 4. The summed E-state index contributed by atoms with van der Waals surface area (Å²) < 4.78 is 45.0. The number of likely N-dealkylation sites (N-methyl/N-ethyl adjacent to an activating group) is 3. The number of benzene rings is 1. The molecule has 1 amide bonds. The van der Waals surface area contributed by atoms with Crippen LogP contribution in [0.2, 0.25) is 0 Å². The fourth-order valence-corrected chi connectivity index (χ4v) is 8.14. The summed E-state index contributed by atoms with van der Waals surface area (Å²) in [4.78, 5) is 71.9. The predicted octanol–water partition coefficient (Wildman–Crippen LogP) is 0.584. The summed E-state index contributed by atoms with van der Waals surface area (Å²) in [5.74, 6) is -13.3. The van der Waals surface area contributed by atoms with E-state index < -0.39 is 105 Å². The Morgan fingerprint density at radius 1 is 1.11 bits per heavy atom. The molecule has 3 fully saturated rings. The van der Waals surface area contributed by atoms with Crippen LogP contribution in [0.4, 0.5) is 13.2 Å². The fraction of sp³-hybridized carbons (Fsp3) is 0.633. The predicted molar refractivity (Wildman–Crippen MR) is 148 cm³/mol. The maximum Gasteiger partial charge on any atom is 0.417 e. The van der Waals surface area contributed by atoms with Gasteiger partial charge in [0.15, 0.2) is 34.7 Å². The van der Waals surface area contributed by atoms with Gasteiger partial charge in [-0.3, -0.25) is 33.8 Å². The van der Waals surface area contributed by atoms with Crippen LogP contribution in [0.15, 0.2) is 6.07 Å². The number of nitrogens with zero attached hydrogens (tertiary/aromatic N) is 3. The number of carbonyl (C=O) groups excluding carboxylic acids is 5. The largest absolute Gasteiger partial charge is 0.507 e. The quantitative estimate of drug-likeness (QED) is 0.397. The normalized spacial score (nSPS) is 33.3. The Hall–Kier alpha value is -3.20. The van der Waals surface area contributed by atoms with Crippen LogP contribution in [-0.4, -0.2) is 112 Å². The second-order valence-corrected chi connectivity index (χ2v) is 12.5. The average Bonchev–Trinajstić information content (AvgIpc) is 2.93. The highest BCUT2D eigenvalue weighted by atomic mass is 19.4. The number of fused-ring (bicyclic) bond motifs is 3. The molecule has 1 aliphatic heterocycles. The smallest absolute Gasteiger partial charge is 0.417 e. The molecule has 0 spiro atoms. The van der Waals surface area contributed by atoms with Crippen LogP contribution in [0.25, 0.3) is 0 Å². The van der Waals surface area contributed by atoms with Gasteiger partial charge in [-0.1, -0.05) is 13.8 Å². The Morgan fingerprint density at radius 2 is 1.77 bits per heavy atom. The minimum absolute atomic E-state index is 0.169. The molecule has 1 heterocycles. The number of aromatic hydroxyl groups is 1. The number of piperazine rings is 1. The van der Waals surface area contributed by atoms with Gasteiger partial charge in [-0.05, 0) is 63.1 Å². The minimum atomic E-state index is -4.93. The lowest BCUT2D eigenvalue weighted by Crippen LogP contribution is -2.74. The molecule has 5 rings (SSSR count). The fourth-order valence-electron chi connectivity index (χ4n) is 8.14. The van der Waals surface area contributed by atoms with Crippen LogP contribution in [0.3, 0.4) is 0 Å². The minimum Gasteiger partial charge on any atom is -0.507 e. The van der Waals surface area contributed by atoms with Crippen LogP contribution >= 0.6 is 0 Å². The number of amides is 1. The van der Waals surface area contributed by atoms with Gasteiger partial charge in [-0.25, -0.2) is 0 Å². The van der Waals surface area contributed by atoms with Gasteiger partial charge in [0.2, 0.25) is 5.91 Å². The first kappa shape index (κ1) is 32.2. The Bertz CT molecular complexity index is 1450. The van der Waals surface area contributed by atoms with Gasteiger partial charge in [0.1, 0.15) is 5.75 Å². The van der Waals surface area contributed by atoms with Crippen LogP contribution in [-0.2, 0) is 31.8 Å². The number of hydrogen-bond acceptors (Lipinski definition) is 10. The molecule has 11 nitrogen and oxygen atoms in total. The maximum atomic E-state index is 15.0. The van der Waals surface area contributed by atoms with Gasteiger partial charge < -0.3 is 20.8 Å². The molecule has 2 saturated carbocycles. The summed E-state index contributed by atoms with van der Waals surface area (Å²) in [7, 11) is 2.87. The third-order valence-electron chi connectivity index (χ3n) is 10.2. The SMILES string of the molecule is CCN1CCN(CC)C(c2cc(O)c3c(c2C(F)(F)F)CC2CC4C(N(C)C)C(=O)C(C(N)=O)C(=O)C4(O)C(=O)C2C3=O)C1. The Labute approximate surface area is 252 Å². The number of Topliss-reactive ketones (excluding diaryl/α,β-unsaturated/α-hetero) is 4. The second-order valence-electron chi connectivity index (χ2n) is 12.5. The molecular formula is C30H37F3N4O7. The number of primary amides is 1. The number of hydrogen-bond donors (Lipinski definition) is 3. The van der Waals surface area contributed by atoms with Crippen molar-refractivity contribution in [3.8, 4) is 5.75 Å². The summed E-state index contributed by atoms with van der Waals surface area (Å²) in [5.41, 5.74) is 0.0461. The number of carbonyl (C=O) groups is 5. The summed E-state index contributed by atoms with van der Waals surface area (Å²) in [6.45, 7) is 6.24. The van der Waals surface area contributed by atoms with Crippen LogP contribution in [0, 0.1) is 23.7 Å². The first-order chi connectivity index (χ1) is 20.5. The molecule has 1 aromatic rings. The third kappa shape index (κ3) is 4.60. The monoisotopic (exact) mass is 622 g/mol. The summed E-state index contributed by atoms with van der Waals surface area (Å²) in [6, 6.07) is -1.13. The maximum absolute atomic E-state index is 15.0. The number of phenols is 1. The molecular weight excluding hydrogens is 585 g/mol. The molecule has 4 N–H and O–H groups in total. The molecule has 240 valence electrons. The van der Waals surface area contributed by atoms with Gasteiger partial charge in [0.25, 0.3) is 0 Å². The zero-order valence-corrected chi connectivity index (χ0v) is 25.0. The van der Waals surface area contributed by atoms with Crippen molar-refractivity contribution < 1.29 is 47.4 Å². The van der Waals surface area contributed by atoms with Crippen molar-refractivity contribution in [3.05, 3.63) is 28.3 Å². The Kier molecular flexibility index (Phi) is 8.05. The van der Waals surface area contributed by atoms with Crippen LogP contribution in [0.1, 0.15) is 53.4 Å². The number of aliphatic hydroxyl groups is 1. The van der Waals surface area contributed by atoms with Gasteiger partial charge in [0, 0.05) is 31.6 Å². The molecule has 3 aliphatic carbocycles. The van der Waals surface area contributed by atoms with Crippen molar-refractivity contribution in [2.75, 3.05) is 46.8 Å². The van der Waals surface area contributed by atoms with E-state index in [4.69, 9.17) is 5.73 Å². The van der Waals surface area contributed by atoms with E-state index in [0.29, 0.717) is 26.2 Å². The number of nitrogens with two attached hydrogens (primary N) is 1. The zero-order chi connectivity index (χ0) is 32.6. The summed E-state index contributed by atoms with van der Waals surface area (Å²) >= 11 is 0. The highest BCUT2D eigenvalue weighted by Gasteiger charge is 2.69. The van der Waals surface area contributed by atoms with E-state index in [1.165, 1.54) is 19.0 Å². The van der Waals surface area contributed by atoms with E-state index in [0.717, 1.165) is 6.07 Å². The number of alkyl halides is 3. The van der Waals surface area contributed by atoms with E-state index in [1.54, 1.807) is 0 Å². The molecule has 1 saturated heterocycles. The highest BCUT2D eigenvalue weighted by molar-refractivity contribution is 6.32.